The van der Waals surface area contributed by atoms with E-state index in [1.165, 1.54) is 11.8 Å². The number of nitrogens with zero attached hydrogens (tertiary/aromatic N) is 1. The second kappa shape index (κ2) is 6.64. The molecule has 0 aliphatic heterocycles. The molecule has 2 rings (SSSR count). The smallest absolute Gasteiger partial charge is 0.234 e. The molecule has 20 heavy (non-hydrogen) atoms. The summed E-state index contributed by atoms with van der Waals surface area (Å²) in [6.07, 6.45) is 0. The lowest BCUT2D eigenvalue weighted by Gasteiger charge is -2.05. The molecule has 4 nitrogen and oxygen atoms in total. The molecule has 2 N–H and O–H groups in total. The topological polar surface area (TPSA) is 73.1 Å². The van der Waals surface area contributed by atoms with Crippen LogP contribution in [-0.2, 0) is 4.79 Å². The van der Waals surface area contributed by atoms with Crippen molar-refractivity contribution in [1.29, 1.82) is 5.26 Å². The third kappa shape index (κ3) is 4.04. The van der Waals surface area contributed by atoms with Crippen LogP contribution in [0.4, 0.5) is 5.69 Å². The molecule has 5 heteroatoms. The van der Waals surface area contributed by atoms with Crippen LogP contribution in [0.15, 0.2) is 53.4 Å². The van der Waals surface area contributed by atoms with Gasteiger partial charge in [-0.2, -0.15) is 5.26 Å². The molecule has 0 aliphatic rings. The molecule has 1 amide bonds. The Morgan fingerprint density at radius 3 is 2.80 bits per heavy atom. The number of amides is 1. The molecule has 0 spiro atoms. The van der Waals surface area contributed by atoms with Gasteiger partial charge in [0.25, 0.3) is 0 Å². The summed E-state index contributed by atoms with van der Waals surface area (Å²) in [6, 6.07) is 15.5. The maximum Gasteiger partial charge on any atom is 0.234 e. The lowest BCUT2D eigenvalue weighted by atomic mass is 10.2. The van der Waals surface area contributed by atoms with E-state index in [4.69, 9.17) is 5.26 Å². The van der Waals surface area contributed by atoms with Crippen LogP contribution < -0.4 is 5.32 Å². The zero-order valence-electron chi connectivity index (χ0n) is 10.5. The van der Waals surface area contributed by atoms with Gasteiger partial charge >= 0.3 is 0 Å². The molecule has 0 radical (unpaired) electrons. The highest BCUT2D eigenvalue weighted by molar-refractivity contribution is 8.00. The van der Waals surface area contributed by atoms with Gasteiger partial charge in [0.05, 0.1) is 17.4 Å². The van der Waals surface area contributed by atoms with Crippen molar-refractivity contribution in [1.82, 2.24) is 0 Å². The number of thioether (sulfide) groups is 1. The van der Waals surface area contributed by atoms with Crippen LogP contribution in [-0.4, -0.2) is 16.8 Å². The minimum absolute atomic E-state index is 0.159. The Labute approximate surface area is 121 Å². The van der Waals surface area contributed by atoms with E-state index < -0.39 is 0 Å². The van der Waals surface area contributed by atoms with E-state index >= 15 is 0 Å². The van der Waals surface area contributed by atoms with Crippen molar-refractivity contribution in [2.75, 3.05) is 11.1 Å². The first-order valence-corrected chi connectivity index (χ1v) is 6.88. The van der Waals surface area contributed by atoms with Crippen molar-refractivity contribution in [3.63, 3.8) is 0 Å². The molecule has 0 saturated heterocycles. The van der Waals surface area contributed by atoms with Crippen LogP contribution >= 0.6 is 11.8 Å². The van der Waals surface area contributed by atoms with Crippen molar-refractivity contribution in [2.24, 2.45) is 0 Å². The third-order valence-corrected chi connectivity index (χ3v) is 3.46. The summed E-state index contributed by atoms with van der Waals surface area (Å²) in [5.41, 5.74) is 1.11. The average Bonchev–Trinajstić information content (AvgIpc) is 2.45. The molecule has 2 aromatic carbocycles. The number of hydrogen-bond donors (Lipinski definition) is 2. The van der Waals surface area contributed by atoms with Crippen LogP contribution in [0.3, 0.4) is 0 Å². The lowest BCUT2D eigenvalue weighted by Crippen LogP contribution is -2.13. The summed E-state index contributed by atoms with van der Waals surface area (Å²) < 4.78 is 0. The van der Waals surface area contributed by atoms with Crippen LogP contribution in [0, 0.1) is 11.3 Å². The van der Waals surface area contributed by atoms with Crippen molar-refractivity contribution in [3.05, 3.63) is 54.1 Å². The van der Waals surface area contributed by atoms with E-state index in [1.54, 1.807) is 42.5 Å². The van der Waals surface area contributed by atoms with Gasteiger partial charge in [0.15, 0.2) is 0 Å². The van der Waals surface area contributed by atoms with Gasteiger partial charge < -0.3 is 10.4 Å². The van der Waals surface area contributed by atoms with Crippen LogP contribution in [0.25, 0.3) is 0 Å². The van der Waals surface area contributed by atoms with Crippen molar-refractivity contribution in [3.8, 4) is 11.8 Å². The largest absolute Gasteiger partial charge is 0.508 e. The van der Waals surface area contributed by atoms with Crippen LogP contribution in [0.5, 0.6) is 5.75 Å². The molecule has 0 unspecified atom stereocenters. The number of anilines is 1. The molecular weight excluding hydrogens is 272 g/mol. The first-order valence-electron chi connectivity index (χ1n) is 5.89. The molecule has 100 valence electrons. The minimum atomic E-state index is -0.159. The number of carbonyl (C=O) groups excluding carboxylic acids is 1. The van der Waals surface area contributed by atoms with E-state index in [1.807, 2.05) is 12.1 Å². The minimum Gasteiger partial charge on any atom is -0.508 e. The van der Waals surface area contributed by atoms with E-state index in [0.717, 1.165) is 4.90 Å². The van der Waals surface area contributed by atoms with Gasteiger partial charge in [0.2, 0.25) is 5.91 Å². The van der Waals surface area contributed by atoms with Crippen LogP contribution in [0.2, 0.25) is 0 Å². The van der Waals surface area contributed by atoms with Gasteiger partial charge in [0.1, 0.15) is 5.75 Å². The Morgan fingerprint density at radius 2 is 2.05 bits per heavy atom. The molecule has 0 aliphatic carbocycles. The number of carbonyl (C=O) groups is 1. The Kier molecular flexibility index (Phi) is 4.64. The van der Waals surface area contributed by atoms with Crippen molar-refractivity contribution < 1.29 is 9.90 Å². The number of phenols is 1. The van der Waals surface area contributed by atoms with Gasteiger partial charge in [-0.15, -0.1) is 11.8 Å². The quantitative estimate of drug-likeness (QED) is 0.846. The van der Waals surface area contributed by atoms with Crippen molar-refractivity contribution in [2.45, 2.75) is 4.90 Å². The standard InChI is InChI=1S/C15H12N2O2S/c16-9-11-3-1-4-12(7-11)17-15(19)10-20-14-6-2-5-13(18)8-14/h1-8,18H,10H2,(H,17,19). The number of benzene rings is 2. The molecule has 0 heterocycles. The molecule has 0 bridgehead atoms. The third-order valence-electron chi connectivity index (χ3n) is 2.46. The second-order valence-electron chi connectivity index (χ2n) is 4.03. The van der Waals surface area contributed by atoms with Gasteiger partial charge in [-0.1, -0.05) is 12.1 Å². The lowest BCUT2D eigenvalue weighted by molar-refractivity contribution is -0.113. The van der Waals surface area contributed by atoms with Crippen molar-refractivity contribution >= 4 is 23.4 Å². The molecule has 0 atom stereocenters. The number of aromatic hydroxyl groups is 1. The maximum absolute atomic E-state index is 11.8. The normalized spacial score (nSPS) is 9.75. The molecule has 2 aromatic rings. The maximum atomic E-state index is 11.8. The highest BCUT2D eigenvalue weighted by atomic mass is 32.2. The molecular formula is C15H12N2O2S. The Bertz CT molecular complexity index is 665. The number of nitriles is 1. The summed E-state index contributed by atoms with van der Waals surface area (Å²) in [6.45, 7) is 0. The molecule has 0 saturated carbocycles. The Hall–Kier alpha value is -2.45. The number of phenolic OH excluding ortho intramolecular Hbond substituents is 1. The number of rotatable bonds is 4. The Morgan fingerprint density at radius 1 is 1.25 bits per heavy atom. The number of hydrogen-bond acceptors (Lipinski definition) is 4. The number of nitrogens with one attached hydrogen (secondary N) is 1. The van der Waals surface area contributed by atoms with Gasteiger partial charge in [-0.05, 0) is 36.4 Å². The average molecular weight is 284 g/mol. The molecule has 0 aromatic heterocycles. The van der Waals surface area contributed by atoms with Gasteiger partial charge in [-0.25, -0.2) is 0 Å². The van der Waals surface area contributed by atoms with E-state index in [-0.39, 0.29) is 17.4 Å². The van der Waals surface area contributed by atoms with E-state index in [2.05, 4.69) is 5.32 Å². The highest BCUT2D eigenvalue weighted by Gasteiger charge is 2.04. The predicted octanol–water partition coefficient (Wildman–Crippen LogP) is 2.99. The van der Waals surface area contributed by atoms with Gasteiger partial charge in [0, 0.05) is 10.6 Å². The highest BCUT2D eigenvalue weighted by Crippen LogP contribution is 2.22. The zero-order chi connectivity index (χ0) is 14.4. The molecule has 0 fully saturated rings. The first-order chi connectivity index (χ1) is 9.67. The fraction of sp³-hybridized carbons (Fsp3) is 0.0667. The fourth-order valence-electron chi connectivity index (χ4n) is 1.59. The zero-order valence-corrected chi connectivity index (χ0v) is 11.4. The fourth-order valence-corrected chi connectivity index (χ4v) is 2.33. The monoisotopic (exact) mass is 284 g/mol. The Balaban J connectivity index is 1.91. The summed E-state index contributed by atoms with van der Waals surface area (Å²) in [4.78, 5) is 12.6. The summed E-state index contributed by atoms with van der Waals surface area (Å²) in [5, 5.41) is 20.8. The van der Waals surface area contributed by atoms with E-state index in [9.17, 15) is 9.90 Å². The second-order valence-corrected chi connectivity index (χ2v) is 5.08. The van der Waals surface area contributed by atoms with Gasteiger partial charge in [-0.3, -0.25) is 4.79 Å². The summed E-state index contributed by atoms with van der Waals surface area (Å²) >= 11 is 1.33. The first kappa shape index (κ1) is 14.0. The summed E-state index contributed by atoms with van der Waals surface area (Å²) in [7, 11) is 0. The summed E-state index contributed by atoms with van der Waals surface area (Å²) in [5.74, 6) is 0.255. The SMILES string of the molecule is N#Cc1cccc(NC(=O)CSc2cccc(O)c2)c1. The van der Waals surface area contributed by atoms with Crippen LogP contribution in [0.1, 0.15) is 5.56 Å². The predicted molar refractivity (Wildman–Crippen MR) is 78.6 cm³/mol. The van der Waals surface area contributed by atoms with E-state index in [0.29, 0.717) is 11.3 Å².